The number of fused-ring (bicyclic) bond motifs is 1. The lowest BCUT2D eigenvalue weighted by molar-refractivity contribution is 0.0562. The molecule has 1 aromatic heterocycles. The van der Waals surface area contributed by atoms with Gasteiger partial charge in [-0.3, -0.25) is 9.89 Å². The summed E-state index contributed by atoms with van der Waals surface area (Å²) < 4.78 is 0. The number of aromatic nitrogens is 3. The van der Waals surface area contributed by atoms with Gasteiger partial charge in [-0.2, -0.15) is 0 Å². The Labute approximate surface area is 99.8 Å². The number of amides is 1. The Hall–Kier alpha value is -1.43. The first-order chi connectivity index (χ1) is 8.25. The van der Waals surface area contributed by atoms with Crippen molar-refractivity contribution < 1.29 is 4.79 Å². The first-order valence-electron chi connectivity index (χ1n) is 6.16. The first-order valence-corrected chi connectivity index (χ1v) is 6.16. The predicted octanol–water partition coefficient (Wildman–Crippen LogP) is -0.0629. The number of rotatable bonds is 1. The summed E-state index contributed by atoms with van der Waals surface area (Å²) >= 11 is 0. The third-order valence-electron chi connectivity index (χ3n) is 3.73. The quantitative estimate of drug-likeness (QED) is 0.715. The summed E-state index contributed by atoms with van der Waals surface area (Å²) in [5.74, 6) is 1.56. The number of hydrogen-bond donors (Lipinski definition) is 2. The SMILES string of the molecule is Cc1nc(C(=O)N2CCCC3CNCC32)n[nH]1. The number of carbonyl (C=O) groups excluding carboxylic acids is 1. The van der Waals surface area contributed by atoms with Crippen LogP contribution in [-0.2, 0) is 0 Å². The zero-order valence-corrected chi connectivity index (χ0v) is 9.94. The Bertz CT molecular complexity index is 429. The summed E-state index contributed by atoms with van der Waals surface area (Å²) in [6.45, 7) is 4.57. The molecule has 17 heavy (non-hydrogen) atoms. The molecule has 0 aliphatic carbocycles. The summed E-state index contributed by atoms with van der Waals surface area (Å²) in [7, 11) is 0. The molecule has 3 heterocycles. The van der Waals surface area contributed by atoms with Gasteiger partial charge in [0.1, 0.15) is 5.82 Å². The molecule has 0 aromatic carbocycles. The zero-order valence-electron chi connectivity index (χ0n) is 9.94. The molecule has 2 N–H and O–H groups in total. The van der Waals surface area contributed by atoms with Crippen LogP contribution in [0, 0.1) is 12.8 Å². The molecule has 6 nitrogen and oxygen atoms in total. The summed E-state index contributed by atoms with van der Waals surface area (Å²) in [5, 5.41) is 10.0. The normalized spacial score (nSPS) is 28.2. The van der Waals surface area contributed by atoms with Crippen molar-refractivity contribution in [1.29, 1.82) is 0 Å². The van der Waals surface area contributed by atoms with E-state index in [1.807, 2.05) is 4.90 Å². The van der Waals surface area contributed by atoms with Crippen LogP contribution < -0.4 is 5.32 Å². The molecule has 0 bridgehead atoms. The maximum Gasteiger partial charge on any atom is 0.293 e. The maximum atomic E-state index is 12.3. The van der Waals surface area contributed by atoms with Gasteiger partial charge in [-0.15, -0.1) is 5.10 Å². The number of likely N-dealkylation sites (tertiary alicyclic amines) is 1. The fourth-order valence-electron chi connectivity index (χ4n) is 2.89. The van der Waals surface area contributed by atoms with E-state index in [1.54, 1.807) is 6.92 Å². The molecule has 6 heteroatoms. The van der Waals surface area contributed by atoms with Crippen LogP contribution in [0.15, 0.2) is 0 Å². The lowest BCUT2D eigenvalue weighted by Crippen LogP contribution is -2.48. The highest BCUT2D eigenvalue weighted by Crippen LogP contribution is 2.27. The molecule has 2 fully saturated rings. The van der Waals surface area contributed by atoms with Gasteiger partial charge < -0.3 is 10.2 Å². The van der Waals surface area contributed by atoms with Gasteiger partial charge in [-0.05, 0) is 25.7 Å². The monoisotopic (exact) mass is 235 g/mol. The maximum absolute atomic E-state index is 12.3. The summed E-state index contributed by atoms with van der Waals surface area (Å²) in [5.41, 5.74) is 0. The van der Waals surface area contributed by atoms with Gasteiger partial charge in [-0.25, -0.2) is 4.98 Å². The van der Waals surface area contributed by atoms with E-state index >= 15 is 0 Å². The van der Waals surface area contributed by atoms with Gasteiger partial charge in [0.25, 0.3) is 5.91 Å². The molecule has 92 valence electrons. The highest BCUT2D eigenvalue weighted by atomic mass is 16.2. The van der Waals surface area contributed by atoms with E-state index in [9.17, 15) is 4.79 Å². The van der Waals surface area contributed by atoms with E-state index in [0.717, 1.165) is 26.1 Å². The van der Waals surface area contributed by atoms with Crippen LogP contribution in [-0.4, -0.2) is 51.7 Å². The van der Waals surface area contributed by atoms with E-state index in [-0.39, 0.29) is 5.91 Å². The summed E-state index contributed by atoms with van der Waals surface area (Å²) in [4.78, 5) is 18.4. The van der Waals surface area contributed by atoms with Crippen LogP contribution in [0.3, 0.4) is 0 Å². The number of hydrogen-bond acceptors (Lipinski definition) is 4. The number of nitrogens with one attached hydrogen (secondary N) is 2. The molecule has 2 aliphatic rings. The van der Waals surface area contributed by atoms with Crippen LogP contribution in [0.4, 0.5) is 0 Å². The van der Waals surface area contributed by atoms with E-state index in [0.29, 0.717) is 23.6 Å². The fourth-order valence-corrected chi connectivity index (χ4v) is 2.89. The standard InChI is InChI=1S/C11H17N5O/c1-7-13-10(15-14-7)11(17)16-4-2-3-8-5-12-6-9(8)16/h8-9,12H,2-6H2,1H3,(H,13,14,15). The molecule has 1 amide bonds. The van der Waals surface area contributed by atoms with Crippen LogP contribution in [0.5, 0.6) is 0 Å². The molecule has 2 atom stereocenters. The van der Waals surface area contributed by atoms with Crippen molar-refractivity contribution in [2.75, 3.05) is 19.6 Å². The molecule has 0 radical (unpaired) electrons. The van der Waals surface area contributed by atoms with Gasteiger partial charge in [0.05, 0.1) is 0 Å². The number of carbonyl (C=O) groups is 1. The van der Waals surface area contributed by atoms with Crippen molar-refractivity contribution in [2.45, 2.75) is 25.8 Å². The van der Waals surface area contributed by atoms with Crippen molar-refractivity contribution in [1.82, 2.24) is 25.4 Å². The van der Waals surface area contributed by atoms with E-state index in [1.165, 1.54) is 6.42 Å². The molecule has 1 aromatic rings. The lowest BCUT2D eigenvalue weighted by Gasteiger charge is -2.36. The molecule has 3 rings (SSSR count). The number of aromatic amines is 1. The average molecular weight is 235 g/mol. The van der Waals surface area contributed by atoms with Gasteiger partial charge in [0.2, 0.25) is 5.82 Å². The molecule has 2 aliphatic heterocycles. The molecule has 0 spiro atoms. The van der Waals surface area contributed by atoms with Crippen molar-refractivity contribution in [3.8, 4) is 0 Å². The second-order valence-electron chi connectivity index (χ2n) is 4.87. The van der Waals surface area contributed by atoms with Crippen molar-refractivity contribution in [3.05, 3.63) is 11.6 Å². The minimum atomic E-state index is -0.0345. The Morgan fingerprint density at radius 1 is 1.47 bits per heavy atom. The summed E-state index contributed by atoms with van der Waals surface area (Å²) in [6, 6.07) is 0.329. The molecular weight excluding hydrogens is 218 g/mol. The van der Waals surface area contributed by atoms with Crippen LogP contribution in [0.1, 0.15) is 29.3 Å². The first kappa shape index (κ1) is 10.7. The van der Waals surface area contributed by atoms with Crippen molar-refractivity contribution >= 4 is 5.91 Å². The van der Waals surface area contributed by atoms with E-state index < -0.39 is 0 Å². The van der Waals surface area contributed by atoms with E-state index in [2.05, 4.69) is 20.5 Å². The number of aryl methyl sites for hydroxylation is 1. The van der Waals surface area contributed by atoms with E-state index in [4.69, 9.17) is 0 Å². The predicted molar refractivity (Wildman–Crippen MR) is 61.5 cm³/mol. The van der Waals surface area contributed by atoms with Crippen LogP contribution in [0.2, 0.25) is 0 Å². The largest absolute Gasteiger partial charge is 0.331 e. The van der Waals surface area contributed by atoms with Crippen molar-refractivity contribution in [2.24, 2.45) is 5.92 Å². The number of nitrogens with zero attached hydrogens (tertiary/aromatic N) is 3. The molecule has 2 saturated heterocycles. The highest BCUT2D eigenvalue weighted by Gasteiger charge is 2.38. The van der Waals surface area contributed by atoms with Gasteiger partial charge in [0.15, 0.2) is 0 Å². The van der Waals surface area contributed by atoms with Crippen LogP contribution in [0.25, 0.3) is 0 Å². The fraction of sp³-hybridized carbons (Fsp3) is 0.727. The third kappa shape index (κ3) is 1.82. The Morgan fingerprint density at radius 3 is 3.12 bits per heavy atom. The Kier molecular flexibility index (Phi) is 2.58. The number of piperidine rings is 1. The minimum Gasteiger partial charge on any atom is -0.331 e. The lowest BCUT2D eigenvalue weighted by atomic mass is 9.92. The second kappa shape index (κ2) is 4.10. The topological polar surface area (TPSA) is 73.9 Å². The zero-order chi connectivity index (χ0) is 11.8. The molecule has 0 saturated carbocycles. The number of H-pyrrole nitrogens is 1. The van der Waals surface area contributed by atoms with Gasteiger partial charge in [0, 0.05) is 25.7 Å². The van der Waals surface area contributed by atoms with Gasteiger partial charge >= 0.3 is 0 Å². The summed E-state index contributed by atoms with van der Waals surface area (Å²) in [6.07, 6.45) is 2.30. The Balaban J connectivity index is 1.81. The second-order valence-corrected chi connectivity index (χ2v) is 4.87. The third-order valence-corrected chi connectivity index (χ3v) is 3.73. The molecule has 2 unspecified atom stereocenters. The smallest absolute Gasteiger partial charge is 0.293 e. The minimum absolute atomic E-state index is 0.0345. The van der Waals surface area contributed by atoms with Crippen molar-refractivity contribution in [3.63, 3.8) is 0 Å². The van der Waals surface area contributed by atoms with Crippen LogP contribution >= 0.6 is 0 Å². The Morgan fingerprint density at radius 2 is 2.35 bits per heavy atom. The average Bonchev–Trinajstić information content (AvgIpc) is 2.95. The molecular formula is C11H17N5O. The van der Waals surface area contributed by atoms with Gasteiger partial charge in [-0.1, -0.05) is 0 Å². The highest BCUT2D eigenvalue weighted by molar-refractivity contribution is 5.90.